The Hall–Kier alpha value is -2.20. The van der Waals surface area contributed by atoms with Gasteiger partial charge in [-0.3, -0.25) is 4.79 Å². The van der Waals surface area contributed by atoms with E-state index in [1.165, 1.54) is 11.0 Å². The number of hydrogen-bond acceptors (Lipinski definition) is 3. The van der Waals surface area contributed by atoms with Crippen LogP contribution in [0, 0.1) is 0 Å². The van der Waals surface area contributed by atoms with Crippen molar-refractivity contribution in [1.82, 2.24) is 4.90 Å². The Morgan fingerprint density at radius 3 is 2.70 bits per heavy atom. The number of phenols is 1. The number of para-hydroxylation sites is 1. The summed E-state index contributed by atoms with van der Waals surface area (Å²) in [5.74, 6) is -0.315. The highest BCUT2D eigenvalue weighted by Crippen LogP contribution is 2.22. The van der Waals surface area contributed by atoms with Crippen molar-refractivity contribution in [3.63, 3.8) is 0 Å². The Morgan fingerprint density at radius 1 is 1.30 bits per heavy atom. The van der Waals surface area contributed by atoms with Crippen molar-refractivity contribution in [2.24, 2.45) is 0 Å². The Kier molecular flexibility index (Phi) is 4.15. The summed E-state index contributed by atoms with van der Waals surface area (Å²) < 4.78 is 0. The number of aromatic hydroxyl groups is 1. The maximum atomic E-state index is 12.3. The third kappa shape index (κ3) is 3.03. The maximum Gasteiger partial charge on any atom is 0.257 e. The highest BCUT2D eigenvalue weighted by molar-refractivity contribution is 6.31. The standard InChI is InChI=1S/C15H15ClN2O2/c1-18(9-10-8-11(17)6-7-13(10)16)15(20)12-4-2-3-5-14(12)19/h2-8,19H,9,17H2,1H3. The molecule has 0 atom stereocenters. The van der Waals surface area contributed by atoms with E-state index in [1.54, 1.807) is 43.4 Å². The largest absolute Gasteiger partial charge is 0.507 e. The average molecular weight is 291 g/mol. The van der Waals surface area contributed by atoms with Crippen LogP contribution in [0.15, 0.2) is 42.5 Å². The third-order valence-corrected chi connectivity index (χ3v) is 3.33. The van der Waals surface area contributed by atoms with Crippen LogP contribution in [-0.2, 0) is 6.54 Å². The summed E-state index contributed by atoms with van der Waals surface area (Å²) in [6, 6.07) is 11.6. The van der Waals surface area contributed by atoms with E-state index in [-0.39, 0.29) is 17.2 Å². The van der Waals surface area contributed by atoms with Crippen LogP contribution in [0.3, 0.4) is 0 Å². The molecule has 0 radical (unpaired) electrons. The van der Waals surface area contributed by atoms with Gasteiger partial charge in [-0.2, -0.15) is 0 Å². The molecule has 5 heteroatoms. The molecule has 2 aromatic carbocycles. The number of hydrogen-bond donors (Lipinski definition) is 2. The molecule has 4 nitrogen and oxygen atoms in total. The van der Waals surface area contributed by atoms with Gasteiger partial charge in [-0.1, -0.05) is 23.7 Å². The summed E-state index contributed by atoms with van der Waals surface area (Å²) >= 11 is 6.08. The first kappa shape index (κ1) is 14.2. The van der Waals surface area contributed by atoms with Gasteiger partial charge in [0.05, 0.1) is 5.56 Å². The second-order valence-corrected chi connectivity index (χ2v) is 4.94. The van der Waals surface area contributed by atoms with Crippen LogP contribution < -0.4 is 5.73 Å². The number of nitrogens with zero attached hydrogens (tertiary/aromatic N) is 1. The molecule has 0 aliphatic rings. The molecule has 3 N–H and O–H groups in total. The fraction of sp³-hybridized carbons (Fsp3) is 0.133. The zero-order valence-electron chi connectivity index (χ0n) is 11.0. The number of halogens is 1. The molecule has 2 aromatic rings. The molecule has 20 heavy (non-hydrogen) atoms. The summed E-state index contributed by atoms with van der Waals surface area (Å²) in [6.07, 6.45) is 0. The molecule has 0 aromatic heterocycles. The zero-order chi connectivity index (χ0) is 14.7. The predicted octanol–water partition coefficient (Wildman–Crippen LogP) is 2.90. The molecule has 0 unspecified atom stereocenters. The van der Waals surface area contributed by atoms with E-state index in [1.807, 2.05) is 0 Å². The van der Waals surface area contributed by atoms with Crippen LogP contribution in [0.25, 0.3) is 0 Å². The van der Waals surface area contributed by atoms with E-state index in [2.05, 4.69) is 0 Å². The van der Waals surface area contributed by atoms with Gasteiger partial charge in [0.15, 0.2) is 0 Å². The van der Waals surface area contributed by atoms with Crippen LogP contribution >= 0.6 is 11.6 Å². The van der Waals surface area contributed by atoms with E-state index in [0.717, 1.165) is 5.56 Å². The number of benzene rings is 2. The van der Waals surface area contributed by atoms with Crippen LogP contribution in [0.4, 0.5) is 5.69 Å². The van der Waals surface area contributed by atoms with Crippen LogP contribution in [-0.4, -0.2) is 23.0 Å². The van der Waals surface area contributed by atoms with Crippen molar-refractivity contribution >= 4 is 23.2 Å². The fourth-order valence-electron chi connectivity index (χ4n) is 1.90. The molecule has 0 bridgehead atoms. The molecule has 0 aliphatic carbocycles. The highest BCUT2D eigenvalue weighted by atomic mass is 35.5. The monoisotopic (exact) mass is 290 g/mol. The Balaban J connectivity index is 2.20. The minimum atomic E-state index is -0.276. The van der Waals surface area contributed by atoms with Crippen LogP contribution in [0.1, 0.15) is 15.9 Å². The van der Waals surface area contributed by atoms with Crippen LogP contribution in [0.5, 0.6) is 5.75 Å². The van der Waals surface area contributed by atoms with Gasteiger partial charge in [-0.05, 0) is 35.9 Å². The lowest BCUT2D eigenvalue weighted by molar-refractivity contribution is 0.0782. The minimum absolute atomic E-state index is 0.0389. The first-order valence-corrected chi connectivity index (χ1v) is 6.44. The summed E-state index contributed by atoms with van der Waals surface area (Å²) in [5.41, 5.74) is 7.32. The quantitative estimate of drug-likeness (QED) is 0.854. The van der Waals surface area contributed by atoms with Gasteiger partial charge in [0, 0.05) is 24.3 Å². The highest BCUT2D eigenvalue weighted by Gasteiger charge is 2.16. The summed E-state index contributed by atoms with van der Waals surface area (Å²) in [7, 11) is 1.65. The lowest BCUT2D eigenvalue weighted by Gasteiger charge is -2.19. The molecule has 2 rings (SSSR count). The molecule has 0 saturated carbocycles. The predicted molar refractivity (Wildman–Crippen MR) is 79.8 cm³/mol. The van der Waals surface area contributed by atoms with Crippen molar-refractivity contribution in [3.05, 3.63) is 58.6 Å². The molecular weight excluding hydrogens is 276 g/mol. The maximum absolute atomic E-state index is 12.3. The number of phenolic OH excluding ortho intramolecular Hbond substituents is 1. The number of rotatable bonds is 3. The number of amides is 1. The number of nitrogen functional groups attached to an aromatic ring is 1. The molecular formula is C15H15ClN2O2. The van der Waals surface area contributed by atoms with Crippen molar-refractivity contribution in [3.8, 4) is 5.75 Å². The first-order valence-electron chi connectivity index (χ1n) is 6.06. The average Bonchev–Trinajstić information content (AvgIpc) is 2.42. The number of carbonyl (C=O) groups is 1. The summed E-state index contributed by atoms with van der Waals surface area (Å²) in [4.78, 5) is 13.7. The van der Waals surface area contributed by atoms with E-state index in [9.17, 15) is 9.90 Å². The minimum Gasteiger partial charge on any atom is -0.507 e. The smallest absolute Gasteiger partial charge is 0.257 e. The van der Waals surface area contributed by atoms with Gasteiger partial charge < -0.3 is 15.7 Å². The molecule has 0 aliphatic heterocycles. The van der Waals surface area contributed by atoms with Gasteiger partial charge in [-0.15, -0.1) is 0 Å². The van der Waals surface area contributed by atoms with Gasteiger partial charge in [0.2, 0.25) is 0 Å². The molecule has 0 heterocycles. The van der Waals surface area contributed by atoms with E-state index in [4.69, 9.17) is 17.3 Å². The molecule has 0 spiro atoms. The Bertz CT molecular complexity index is 644. The topological polar surface area (TPSA) is 66.6 Å². The van der Waals surface area contributed by atoms with E-state index < -0.39 is 0 Å². The Labute approximate surface area is 122 Å². The van der Waals surface area contributed by atoms with Crippen molar-refractivity contribution in [1.29, 1.82) is 0 Å². The van der Waals surface area contributed by atoms with Gasteiger partial charge >= 0.3 is 0 Å². The molecule has 1 amide bonds. The second-order valence-electron chi connectivity index (χ2n) is 4.53. The van der Waals surface area contributed by atoms with Crippen molar-refractivity contribution < 1.29 is 9.90 Å². The lowest BCUT2D eigenvalue weighted by atomic mass is 10.1. The SMILES string of the molecule is CN(Cc1cc(N)ccc1Cl)C(=O)c1ccccc1O. The zero-order valence-corrected chi connectivity index (χ0v) is 11.8. The van der Waals surface area contributed by atoms with Crippen molar-refractivity contribution in [2.45, 2.75) is 6.54 Å². The van der Waals surface area contributed by atoms with E-state index in [0.29, 0.717) is 17.3 Å². The first-order chi connectivity index (χ1) is 9.49. The Morgan fingerprint density at radius 2 is 2.00 bits per heavy atom. The molecule has 104 valence electrons. The number of nitrogens with two attached hydrogens (primary N) is 1. The van der Waals surface area contributed by atoms with Crippen molar-refractivity contribution in [2.75, 3.05) is 12.8 Å². The molecule has 0 saturated heterocycles. The normalized spacial score (nSPS) is 10.3. The number of carbonyl (C=O) groups excluding carboxylic acids is 1. The number of anilines is 1. The van der Waals surface area contributed by atoms with Gasteiger partial charge in [0.25, 0.3) is 5.91 Å². The van der Waals surface area contributed by atoms with Gasteiger partial charge in [-0.25, -0.2) is 0 Å². The van der Waals surface area contributed by atoms with Gasteiger partial charge in [0.1, 0.15) is 5.75 Å². The fourth-order valence-corrected chi connectivity index (χ4v) is 2.08. The van der Waals surface area contributed by atoms with Crippen LogP contribution in [0.2, 0.25) is 5.02 Å². The third-order valence-electron chi connectivity index (χ3n) is 2.96. The summed E-state index contributed by atoms with van der Waals surface area (Å²) in [5, 5.41) is 10.3. The summed E-state index contributed by atoms with van der Waals surface area (Å²) in [6.45, 7) is 0.317. The molecule has 0 fully saturated rings. The second kappa shape index (κ2) is 5.84. The lowest BCUT2D eigenvalue weighted by Crippen LogP contribution is -2.26. The van der Waals surface area contributed by atoms with E-state index >= 15 is 0 Å².